The Labute approximate surface area is 84.7 Å². The maximum Gasteiger partial charge on any atom is 0.140 e. The van der Waals surface area contributed by atoms with E-state index in [1.165, 1.54) is 12.1 Å². The Morgan fingerprint density at radius 2 is 2.29 bits per heavy atom. The van der Waals surface area contributed by atoms with E-state index in [1.807, 2.05) is 14.8 Å². The number of hydrogen-bond acceptors (Lipinski definition) is 1. The molecular weight excluding hydrogens is 178 g/mol. The van der Waals surface area contributed by atoms with Crippen molar-refractivity contribution in [2.24, 2.45) is 5.92 Å². The van der Waals surface area contributed by atoms with Crippen LogP contribution in [0.4, 0.5) is 4.39 Å². The van der Waals surface area contributed by atoms with Crippen molar-refractivity contribution in [2.75, 3.05) is 6.61 Å². The number of aliphatic hydroxyl groups is 1. The molecule has 0 fully saturated rings. The highest BCUT2D eigenvalue weighted by Crippen LogP contribution is 2.19. The Morgan fingerprint density at radius 3 is 2.86 bits per heavy atom. The van der Waals surface area contributed by atoms with Crippen LogP contribution < -0.4 is 5.46 Å². The zero-order valence-electron chi connectivity index (χ0n) is 8.55. The van der Waals surface area contributed by atoms with Crippen LogP contribution in [0.5, 0.6) is 0 Å². The fourth-order valence-corrected chi connectivity index (χ4v) is 1.32. The van der Waals surface area contributed by atoms with Crippen LogP contribution in [0.25, 0.3) is 5.57 Å². The zero-order valence-corrected chi connectivity index (χ0v) is 8.55. The molecule has 0 unspecified atom stereocenters. The van der Waals surface area contributed by atoms with Gasteiger partial charge in [0.1, 0.15) is 13.7 Å². The summed E-state index contributed by atoms with van der Waals surface area (Å²) in [6.45, 7) is 5.78. The van der Waals surface area contributed by atoms with Crippen LogP contribution in [0.3, 0.4) is 0 Å². The summed E-state index contributed by atoms with van der Waals surface area (Å²) in [4.78, 5) is 0. The minimum atomic E-state index is -0.267. The molecular formula is C11H14BFO. The molecule has 1 N–H and O–H groups in total. The van der Waals surface area contributed by atoms with Gasteiger partial charge in [-0.1, -0.05) is 25.0 Å². The van der Waals surface area contributed by atoms with Gasteiger partial charge in [-0.15, -0.1) is 0 Å². The van der Waals surface area contributed by atoms with E-state index in [4.69, 9.17) is 5.11 Å². The SMILES string of the molecule is Bc1ccc(F)cc1C(=C)[C@H](C)CO. The van der Waals surface area contributed by atoms with Crippen LogP contribution in [0.15, 0.2) is 24.8 Å². The van der Waals surface area contributed by atoms with Crippen LogP contribution in [0, 0.1) is 11.7 Å². The number of rotatable bonds is 3. The number of hydrogen-bond donors (Lipinski definition) is 1. The van der Waals surface area contributed by atoms with E-state index >= 15 is 0 Å². The molecule has 0 amide bonds. The monoisotopic (exact) mass is 192 g/mol. The largest absolute Gasteiger partial charge is 0.396 e. The maximum atomic E-state index is 13.0. The summed E-state index contributed by atoms with van der Waals surface area (Å²) in [7, 11) is 1.91. The summed E-state index contributed by atoms with van der Waals surface area (Å²) >= 11 is 0. The highest BCUT2D eigenvalue weighted by Gasteiger charge is 2.10. The molecule has 1 aromatic rings. The Morgan fingerprint density at radius 1 is 1.64 bits per heavy atom. The van der Waals surface area contributed by atoms with Gasteiger partial charge in [-0.05, 0) is 23.3 Å². The Balaban J connectivity index is 3.06. The van der Waals surface area contributed by atoms with Crippen molar-refractivity contribution >= 4 is 18.9 Å². The highest BCUT2D eigenvalue weighted by molar-refractivity contribution is 6.34. The predicted octanol–water partition coefficient (Wildman–Crippen LogP) is 0.726. The molecule has 0 aliphatic heterocycles. The van der Waals surface area contributed by atoms with Crippen LogP contribution in [-0.4, -0.2) is 19.6 Å². The molecule has 0 aliphatic rings. The van der Waals surface area contributed by atoms with Crippen LogP contribution in [0.1, 0.15) is 12.5 Å². The van der Waals surface area contributed by atoms with Crippen molar-refractivity contribution in [3.63, 3.8) is 0 Å². The van der Waals surface area contributed by atoms with Gasteiger partial charge < -0.3 is 5.11 Å². The minimum absolute atomic E-state index is 0.0319. The lowest BCUT2D eigenvalue weighted by molar-refractivity contribution is 0.266. The molecule has 0 radical (unpaired) electrons. The maximum absolute atomic E-state index is 13.0. The van der Waals surface area contributed by atoms with Gasteiger partial charge in [-0.3, -0.25) is 0 Å². The van der Waals surface area contributed by atoms with Crippen LogP contribution in [0.2, 0.25) is 0 Å². The van der Waals surface area contributed by atoms with E-state index < -0.39 is 0 Å². The first-order valence-electron chi connectivity index (χ1n) is 4.62. The third kappa shape index (κ3) is 2.23. The highest BCUT2D eigenvalue weighted by atomic mass is 19.1. The summed E-state index contributed by atoms with van der Waals surface area (Å²) in [6, 6.07) is 4.61. The molecule has 0 aromatic heterocycles. The lowest BCUT2D eigenvalue weighted by Crippen LogP contribution is -2.14. The van der Waals surface area contributed by atoms with Crippen molar-refractivity contribution in [1.29, 1.82) is 0 Å². The molecule has 0 bridgehead atoms. The van der Waals surface area contributed by atoms with Crippen molar-refractivity contribution < 1.29 is 9.50 Å². The van der Waals surface area contributed by atoms with Gasteiger partial charge in [-0.25, -0.2) is 4.39 Å². The topological polar surface area (TPSA) is 20.2 Å². The molecule has 1 aromatic carbocycles. The fourth-order valence-electron chi connectivity index (χ4n) is 1.32. The Kier molecular flexibility index (Phi) is 3.47. The fraction of sp³-hybridized carbons (Fsp3) is 0.273. The van der Waals surface area contributed by atoms with Gasteiger partial charge in [0.2, 0.25) is 0 Å². The smallest absolute Gasteiger partial charge is 0.140 e. The van der Waals surface area contributed by atoms with E-state index in [-0.39, 0.29) is 18.3 Å². The molecule has 3 heteroatoms. The molecule has 1 nitrogen and oxygen atoms in total. The van der Waals surface area contributed by atoms with E-state index in [2.05, 4.69) is 6.58 Å². The average molecular weight is 192 g/mol. The molecule has 1 rings (SSSR count). The number of benzene rings is 1. The summed E-state index contributed by atoms with van der Waals surface area (Å²) in [6.07, 6.45) is 0. The van der Waals surface area contributed by atoms with Gasteiger partial charge in [0.15, 0.2) is 0 Å². The summed E-state index contributed by atoms with van der Waals surface area (Å²) in [5.41, 5.74) is 2.56. The lowest BCUT2D eigenvalue weighted by Gasteiger charge is -2.14. The third-order valence-corrected chi connectivity index (χ3v) is 2.41. The van der Waals surface area contributed by atoms with E-state index in [0.717, 1.165) is 16.6 Å². The molecule has 0 heterocycles. The van der Waals surface area contributed by atoms with E-state index in [0.29, 0.717) is 0 Å². The summed E-state index contributed by atoms with van der Waals surface area (Å²) in [5, 5.41) is 8.97. The summed E-state index contributed by atoms with van der Waals surface area (Å²) < 4.78 is 13.0. The molecule has 1 atom stereocenters. The van der Waals surface area contributed by atoms with Gasteiger partial charge >= 0.3 is 0 Å². The molecule has 74 valence electrons. The number of aliphatic hydroxyl groups excluding tert-OH is 1. The quantitative estimate of drug-likeness (QED) is 0.699. The second-order valence-corrected chi connectivity index (χ2v) is 3.57. The molecule has 0 saturated carbocycles. The Bertz CT molecular complexity index is 349. The Hall–Kier alpha value is -1.09. The van der Waals surface area contributed by atoms with Gasteiger partial charge in [0.05, 0.1) is 0 Å². The van der Waals surface area contributed by atoms with Crippen LogP contribution >= 0.6 is 0 Å². The van der Waals surface area contributed by atoms with Crippen molar-refractivity contribution in [3.05, 3.63) is 36.2 Å². The van der Waals surface area contributed by atoms with Gasteiger partial charge in [0, 0.05) is 12.5 Å². The van der Waals surface area contributed by atoms with E-state index in [9.17, 15) is 4.39 Å². The van der Waals surface area contributed by atoms with Crippen LogP contribution in [-0.2, 0) is 0 Å². The van der Waals surface area contributed by atoms with E-state index in [1.54, 1.807) is 6.07 Å². The minimum Gasteiger partial charge on any atom is -0.396 e. The second-order valence-electron chi connectivity index (χ2n) is 3.57. The molecule has 14 heavy (non-hydrogen) atoms. The molecule has 0 aliphatic carbocycles. The standard InChI is InChI=1S/C11H14BFO/c1-7(6-14)8(2)10-5-9(13)3-4-11(10)12/h3-5,7,14H,2,6,12H2,1H3/t7-/m1/s1. The first kappa shape index (κ1) is 11.0. The van der Waals surface area contributed by atoms with Crippen molar-refractivity contribution in [1.82, 2.24) is 0 Å². The first-order chi connectivity index (χ1) is 6.56. The lowest BCUT2D eigenvalue weighted by atomic mass is 9.84. The zero-order chi connectivity index (χ0) is 10.7. The van der Waals surface area contributed by atoms with Gasteiger partial charge in [-0.2, -0.15) is 0 Å². The second kappa shape index (κ2) is 4.42. The molecule has 0 saturated heterocycles. The van der Waals surface area contributed by atoms with Gasteiger partial charge in [0.25, 0.3) is 0 Å². The third-order valence-electron chi connectivity index (χ3n) is 2.41. The normalized spacial score (nSPS) is 12.5. The van der Waals surface area contributed by atoms with Crippen molar-refractivity contribution in [2.45, 2.75) is 6.92 Å². The molecule has 0 spiro atoms. The average Bonchev–Trinajstić information content (AvgIpc) is 2.19. The van der Waals surface area contributed by atoms with Crippen molar-refractivity contribution in [3.8, 4) is 0 Å². The first-order valence-corrected chi connectivity index (χ1v) is 4.62. The predicted molar refractivity (Wildman–Crippen MR) is 59.9 cm³/mol. The summed E-state index contributed by atoms with van der Waals surface area (Å²) in [5.74, 6) is -0.299. The number of halogens is 1.